The molecule has 22 heavy (non-hydrogen) atoms. The van der Waals surface area contributed by atoms with Gasteiger partial charge in [0.25, 0.3) is 0 Å². The minimum absolute atomic E-state index is 0.302. The molecule has 1 aliphatic heterocycles. The number of halogens is 1. The first-order valence-electron chi connectivity index (χ1n) is 7.21. The Kier molecular flexibility index (Phi) is 5.50. The van der Waals surface area contributed by atoms with E-state index in [0.717, 1.165) is 22.2 Å². The highest BCUT2D eigenvalue weighted by molar-refractivity contribution is 9.11. The smallest absolute Gasteiger partial charge is 0.407 e. The number of piperidine rings is 1. The van der Waals surface area contributed by atoms with Crippen LogP contribution < -0.4 is 0 Å². The number of carbonyl (C=O) groups excluding carboxylic acids is 1. The Hall–Kier alpha value is -1.08. The lowest BCUT2D eigenvalue weighted by molar-refractivity contribution is 0.0599. The highest BCUT2D eigenvalue weighted by Crippen LogP contribution is 2.42. The summed E-state index contributed by atoms with van der Waals surface area (Å²) in [7, 11) is 1.39. The fourth-order valence-corrected chi connectivity index (χ4v) is 5.22. The Morgan fingerprint density at radius 2 is 2.00 bits per heavy atom. The van der Waals surface area contributed by atoms with Gasteiger partial charge in [-0.05, 0) is 53.1 Å². The lowest BCUT2D eigenvalue weighted by atomic mass is 9.83. The molecule has 0 aliphatic carbocycles. The molecule has 1 aliphatic rings. The van der Waals surface area contributed by atoms with Crippen LogP contribution in [-0.2, 0) is 4.74 Å². The van der Waals surface area contributed by atoms with E-state index in [2.05, 4.69) is 22.9 Å². The number of rotatable bonds is 3. The number of carbonyl (C=O) groups is 2. The molecule has 1 fully saturated rings. The van der Waals surface area contributed by atoms with Crippen LogP contribution in [0, 0.1) is 12.8 Å². The molecule has 0 radical (unpaired) electrons. The second kappa shape index (κ2) is 7.00. The first-order chi connectivity index (χ1) is 10.4. The van der Waals surface area contributed by atoms with Crippen molar-refractivity contribution in [1.82, 2.24) is 4.90 Å². The monoisotopic (exact) mass is 389 g/mol. The molecule has 1 atom stereocenters. The van der Waals surface area contributed by atoms with Crippen LogP contribution in [0.1, 0.15) is 46.5 Å². The predicted octanol–water partition coefficient (Wildman–Crippen LogP) is 4.10. The van der Waals surface area contributed by atoms with E-state index < -0.39 is 6.09 Å². The molecule has 0 unspecified atom stereocenters. The van der Waals surface area contributed by atoms with Crippen LogP contribution in [0.15, 0.2) is 3.79 Å². The van der Waals surface area contributed by atoms with Gasteiger partial charge in [-0.3, -0.25) is 0 Å². The first kappa shape index (κ1) is 17.3. The van der Waals surface area contributed by atoms with Crippen molar-refractivity contribution in [2.75, 3.05) is 20.2 Å². The third kappa shape index (κ3) is 3.30. The number of ether oxygens (including phenoxy) is 1. The van der Waals surface area contributed by atoms with Crippen molar-refractivity contribution in [2.24, 2.45) is 5.92 Å². The third-order valence-electron chi connectivity index (χ3n) is 4.46. The molecule has 0 bridgehead atoms. The van der Waals surface area contributed by atoms with Crippen molar-refractivity contribution in [3.63, 3.8) is 0 Å². The number of thiophene rings is 1. The van der Waals surface area contributed by atoms with Crippen LogP contribution >= 0.6 is 27.3 Å². The summed E-state index contributed by atoms with van der Waals surface area (Å²) in [6.45, 7) is 5.28. The molecule has 5 nitrogen and oxygen atoms in total. The van der Waals surface area contributed by atoms with E-state index in [1.165, 1.54) is 16.9 Å². The third-order valence-corrected chi connectivity index (χ3v) is 6.62. The molecule has 2 heterocycles. The van der Waals surface area contributed by atoms with Crippen LogP contribution in [0.25, 0.3) is 0 Å². The van der Waals surface area contributed by atoms with E-state index in [4.69, 9.17) is 9.84 Å². The second-order valence-corrected chi connectivity index (χ2v) is 8.00. The van der Waals surface area contributed by atoms with Gasteiger partial charge in [-0.15, -0.1) is 11.3 Å². The summed E-state index contributed by atoms with van der Waals surface area (Å²) in [5.41, 5.74) is 1.58. The Morgan fingerprint density at radius 1 is 1.41 bits per heavy atom. The minimum Gasteiger partial charge on any atom is -0.465 e. The number of amides is 1. The Bertz CT molecular complexity index is 578. The minimum atomic E-state index is -0.839. The summed E-state index contributed by atoms with van der Waals surface area (Å²) in [6.07, 6.45) is 0.875. The van der Waals surface area contributed by atoms with Gasteiger partial charge in [0.05, 0.1) is 16.5 Å². The zero-order valence-electron chi connectivity index (χ0n) is 12.9. The Morgan fingerprint density at radius 3 is 2.50 bits per heavy atom. The van der Waals surface area contributed by atoms with Crippen molar-refractivity contribution < 1.29 is 19.4 Å². The maximum absolute atomic E-state index is 11.9. The molecule has 1 N–H and O–H groups in total. The molecular weight excluding hydrogens is 370 g/mol. The molecule has 1 amide bonds. The van der Waals surface area contributed by atoms with Gasteiger partial charge in [0.2, 0.25) is 0 Å². The summed E-state index contributed by atoms with van der Waals surface area (Å²) in [4.78, 5) is 25.5. The number of nitrogens with zero attached hydrogens (tertiary/aromatic N) is 1. The van der Waals surface area contributed by atoms with E-state index in [1.807, 2.05) is 6.92 Å². The van der Waals surface area contributed by atoms with Gasteiger partial charge in [-0.2, -0.15) is 0 Å². The number of likely N-dealkylation sites (tertiary alicyclic amines) is 1. The second-order valence-electron chi connectivity index (χ2n) is 5.63. The average molecular weight is 390 g/mol. The van der Waals surface area contributed by atoms with E-state index >= 15 is 0 Å². The predicted molar refractivity (Wildman–Crippen MR) is 88.8 cm³/mol. The average Bonchev–Trinajstić information content (AvgIpc) is 2.80. The van der Waals surface area contributed by atoms with E-state index in [0.29, 0.717) is 30.5 Å². The van der Waals surface area contributed by atoms with Gasteiger partial charge >= 0.3 is 12.1 Å². The van der Waals surface area contributed by atoms with Gasteiger partial charge in [-0.1, -0.05) is 6.92 Å². The van der Waals surface area contributed by atoms with Crippen LogP contribution in [0.4, 0.5) is 4.79 Å². The van der Waals surface area contributed by atoms with Gasteiger partial charge in [0.15, 0.2) is 0 Å². The fraction of sp³-hybridized carbons (Fsp3) is 0.600. The van der Waals surface area contributed by atoms with Crippen molar-refractivity contribution >= 4 is 39.3 Å². The van der Waals surface area contributed by atoms with Crippen LogP contribution in [0.5, 0.6) is 0 Å². The van der Waals surface area contributed by atoms with E-state index in [1.54, 1.807) is 11.3 Å². The molecule has 122 valence electrons. The standard InChI is InChI=1S/C15H20BrNO4S/c1-8(10-4-6-17(7-5-10)15(19)20)12-9(2)11(13(16)22-12)14(18)21-3/h8,10H,4-7H2,1-3H3,(H,19,20)/t8-/m1/s1. The molecule has 1 aromatic heterocycles. The molecular formula is C15H20BrNO4S. The van der Waals surface area contributed by atoms with Crippen LogP contribution in [-0.4, -0.2) is 42.3 Å². The van der Waals surface area contributed by atoms with Crippen molar-refractivity contribution in [3.8, 4) is 0 Å². The molecule has 0 saturated carbocycles. The van der Waals surface area contributed by atoms with E-state index in [-0.39, 0.29) is 5.97 Å². The quantitative estimate of drug-likeness (QED) is 0.790. The number of hydrogen-bond donors (Lipinski definition) is 1. The summed E-state index contributed by atoms with van der Waals surface area (Å²) in [5.74, 6) is 0.417. The maximum Gasteiger partial charge on any atom is 0.407 e. The highest BCUT2D eigenvalue weighted by atomic mass is 79.9. The van der Waals surface area contributed by atoms with Gasteiger partial charge in [0, 0.05) is 18.0 Å². The summed E-state index contributed by atoms with van der Waals surface area (Å²) in [5, 5.41) is 9.02. The normalized spacial score (nSPS) is 17.4. The molecule has 0 aromatic carbocycles. The first-order valence-corrected chi connectivity index (χ1v) is 8.82. The van der Waals surface area contributed by atoms with Crippen molar-refractivity contribution in [2.45, 2.75) is 32.6 Å². The molecule has 2 rings (SSSR count). The van der Waals surface area contributed by atoms with E-state index in [9.17, 15) is 9.59 Å². The lowest BCUT2D eigenvalue weighted by Gasteiger charge is -2.33. The van der Waals surface area contributed by atoms with Crippen molar-refractivity contribution in [1.29, 1.82) is 0 Å². The summed E-state index contributed by atoms with van der Waals surface area (Å²) in [6, 6.07) is 0. The number of carboxylic acid groups (broad SMARTS) is 1. The Labute approximate surface area is 142 Å². The molecule has 7 heteroatoms. The zero-order chi connectivity index (χ0) is 16.4. The highest BCUT2D eigenvalue weighted by Gasteiger charge is 2.30. The lowest BCUT2D eigenvalue weighted by Crippen LogP contribution is -2.38. The maximum atomic E-state index is 11.9. The number of methoxy groups -OCH3 is 1. The number of esters is 1. The molecule has 0 spiro atoms. The van der Waals surface area contributed by atoms with Gasteiger partial charge < -0.3 is 14.7 Å². The SMILES string of the molecule is COC(=O)c1c(Br)sc([C@H](C)C2CCN(C(=O)O)CC2)c1C. The number of hydrogen-bond acceptors (Lipinski definition) is 4. The summed E-state index contributed by atoms with van der Waals surface area (Å²) < 4.78 is 5.65. The fourth-order valence-electron chi connectivity index (χ4n) is 3.07. The van der Waals surface area contributed by atoms with Gasteiger partial charge in [-0.25, -0.2) is 9.59 Å². The molecule has 1 saturated heterocycles. The largest absolute Gasteiger partial charge is 0.465 e. The van der Waals surface area contributed by atoms with Gasteiger partial charge in [0.1, 0.15) is 0 Å². The summed E-state index contributed by atoms with van der Waals surface area (Å²) >= 11 is 5.04. The van der Waals surface area contributed by atoms with Crippen molar-refractivity contribution in [3.05, 3.63) is 19.8 Å². The zero-order valence-corrected chi connectivity index (χ0v) is 15.3. The van der Waals surface area contributed by atoms with Crippen LogP contribution in [0.2, 0.25) is 0 Å². The van der Waals surface area contributed by atoms with Crippen LogP contribution in [0.3, 0.4) is 0 Å². The topological polar surface area (TPSA) is 66.8 Å². The molecule has 1 aromatic rings. The Balaban J connectivity index is 2.16.